The van der Waals surface area contributed by atoms with Gasteiger partial charge in [-0.1, -0.05) is 156 Å². The molecule has 3 atom stereocenters. The first kappa shape index (κ1) is 51.8. The van der Waals surface area contributed by atoms with Gasteiger partial charge in [-0.15, -0.1) is 0 Å². The second-order valence-electron chi connectivity index (χ2n) is 15.8. The van der Waals surface area contributed by atoms with Gasteiger partial charge in [-0.2, -0.15) is 0 Å². The van der Waals surface area contributed by atoms with Crippen molar-refractivity contribution >= 4 is 23.9 Å². The minimum atomic E-state index is -0.614. The molecule has 0 N–H and O–H groups in total. The van der Waals surface area contributed by atoms with E-state index in [0.29, 0.717) is 19.4 Å². The molecule has 0 aliphatic carbocycles. The van der Waals surface area contributed by atoms with E-state index < -0.39 is 18.0 Å². The van der Waals surface area contributed by atoms with Gasteiger partial charge in [0, 0.05) is 19.4 Å². The van der Waals surface area contributed by atoms with Crippen LogP contribution in [-0.2, 0) is 38.1 Å². The Labute approximate surface area is 332 Å². The van der Waals surface area contributed by atoms with Crippen LogP contribution < -0.4 is 0 Å². The van der Waals surface area contributed by atoms with Crippen molar-refractivity contribution in [3.05, 3.63) is 0 Å². The van der Waals surface area contributed by atoms with Crippen molar-refractivity contribution in [3.8, 4) is 0 Å². The van der Waals surface area contributed by atoms with E-state index in [1.165, 1.54) is 70.6 Å². The molecule has 0 heterocycles. The van der Waals surface area contributed by atoms with Gasteiger partial charge < -0.3 is 23.8 Å². The van der Waals surface area contributed by atoms with Crippen molar-refractivity contribution in [2.45, 2.75) is 214 Å². The smallest absolute Gasteiger partial charge is 0.308 e. The molecule has 0 aromatic rings. The Balaban J connectivity index is 4.61. The topological polar surface area (TPSA) is 108 Å². The first-order valence-electron chi connectivity index (χ1n) is 22.5. The molecule has 318 valence electrons. The lowest BCUT2D eigenvalue weighted by Gasteiger charge is -2.21. The molecule has 0 radical (unpaired) electrons. The van der Waals surface area contributed by atoms with Crippen LogP contribution in [0.2, 0.25) is 0 Å². The summed E-state index contributed by atoms with van der Waals surface area (Å²) in [6.07, 6.45) is 27.3. The fourth-order valence-electron chi connectivity index (χ4n) is 6.79. The molecule has 0 aliphatic rings. The molecule has 9 nitrogen and oxygen atoms in total. The van der Waals surface area contributed by atoms with E-state index in [9.17, 15) is 19.2 Å². The summed E-state index contributed by atoms with van der Waals surface area (Å²) in [4.78, 5) is 53.0. The Kier molecular flexibility index (Phi) is 36.2. The summed E-state index contributed by atoms with van der Waals surface area (Å²) in [6, 6.07) is 0. The van der Waals surface area contributed by atoms with Gasteiger partial charge in [0.2, 0.25) is 0 Å². The third-order valence-corrected chi connectivity index (χ3v) is 10.1. The zero-order chi connectivity index (χ0) is 40.1. The van der Waals surface area contributed by atoms with Crippen LogP contribution in [0.1, 0.15) is 207 Å². The van der Waals surface area contributed by atoms with Crippen LogP contribution >= 0.6 is 0 Å². The number of esters is 4. The highest BCUT2D eigenvalue weighted by molar-refractivity contribution is 5.73. The van der Waals surface area contributed by atoms with Gasteiger partial charge in [0.05, 0.1) is 25.0 Å². The van der Waals surface area contributed by atoms with Crippen LogP contribution in [0, 0.1) is 11.8 Å². The first-order chi connectivity index (χ1) is 26.2. The lowest BCUT2D eigenvalue weighted by molar-refractivity contribution is -0.161. The van der Waals surface area contributed by atoms with E-state index >= 15 is 0 Å². The number of rotatable bonds is 39. The van der Waals surface area contributed by atoms with Crippen molar-refractivity contribution in [1.82, 2.24) is 4.90 Å². The lowest BCUT2D eigenvalue weighted by atomic mass is 9.94. The fraction of sp³-hybridized carbons (Fsp3) is 0.911. The molecule has 0 amide bonds. The second kappa shape index (κ2) is 37.7. The van der Waals surface area contributed by atoms with Crippen LogP contribution in [0.5, 0.6) is 0 Å². The molecule has 0 aromatic heterocycles. The van der Waals surface area contributed by atoms with Crippen LogP contribution in [0.4, 0.5) is 0 Å². The molecule has 54 heavy (non-hydrogen) atoms. The molecule has 3 unspecified atom stereocenters. The molecule has 0 fully saturated rings. The predicted octanol–water partition coefficient (Wildman–Crippen LogP) is 11.3. The highest BCUT2D eigenvalue weighted by Gasteiger charge is 2.22. The summed E-state index contributed by atoms with van der Waals surface area (Å²) in [5, 5.41) is 0. The van der Waals surface area contributed by atoms with Gasteiger partial charge in [0.15, 0.2) is 0 Å². The molecule has 9 heteroatoms. The minimum Gasteiger partial charge on any atom is -0.465 e. The van der Waals surface area contributed by atoms with Gasteiger partial charge in [-0.25, -0.2) is 0 Å². The SMILES string of the molecule is CCCCCCCCC(CCCCCC)C(=O)OCCCC(=O)OCC(CN(C)C)OC(=O)CCCOC(=O)C(CCCCCC)CCCCCCCC. The number of carbonyl (C=O) groups excluding carboxylic acids is 4. The molecule has 0 spiro atoms. The minimum absolute atomic E-state index is 0.0478. The third-order valence-electron chi connectivity index (χ3n) is 10.1. The molecular weight excluding hydrogens is 682 g/mol. The Bertz CT molecular complexity index is 910. The Morgan fingerprint density at radius 1 is 0.444 bits per heavy atom. The molecule has 0 rings (SSSR count). The van der Waals surface area contributed by atoms with Gasteiger partial charge in [0.25, 0.3) is 0 Å². The average Bonchev–Trinajstić information content (AvgIpc) is 3.14. The summed E-state index contributed by atoms with van der Waals surface area (Å²) < 4.78 is 22.4. The maximum atomic E-state index is 12.9. The quantitative estimate of drug-likeness (QED) is 0.0343. The van der Waals surface area contributed by atoms with E-state index in [2.05, 4.69) is 27.7 Å². The van der Waals surface area contributed by atoms with Crippen molar-refractivity contribution in [2.75, 3.05) is 40.5 Å². The normalized spacial score (nSPS) is 13.0. The molecular formula is C45H85NO8. The number of likely N-dealkylation sites (N-methyl/N-ethyl adjacent to an activating group) is 1. The number of hydrogen-bond donors (Lipinski definition) is 0. The molecule has 0 saturated carbocycles. The first-order valence-corrected chi connectivity index (χ1v) is 22.5. The van der Waals surface area contributed by atoms with Crippen LogP contribution in [-0.4, -0.2) is 75.3 Å². The van der Waals surface area contributed by atoms with E-state index in [4.69, 9.17) is 18.9 Å². The van der Waals surface area contributed by atoms with Crippen molar-refractivity contribution in [1.29, 1.82) is 0 Å². The summed E-state index contributed by atoms with van der Waals surface area (Å²) >= 11 is 0. The highest BCUT2D eigenvalue weighted by Crippen LogP contribution is 2.22. The summed E-state index contributed by atoms with van der Waals surface area (Å²) in [5.74, 6) is -1.24. The molecule has 0 aliphatic heterocycles. The second-order valence-corrected chi connectivity index (χ2v) is 15.8. The van der Waals surface area contributed by atoms with Gasteiger partial charge in [-0.3, -0.25) is 19.2 Å². The lowest BCUT2D eigenvalue weighted by Crippen LogP contribution is -2.35. The van der Waals surface area contributed by atoms with E-state index in [1.807, 2.05) is 19.0 Å². The Morgan fingerprint density at radius 2 is 0.796 bits per heavy atom. The summed E-state index contributed by atoms with van der Waals surface area (Å²) in [6.45, 7) is 9.54. The zero-order valence-electron chi connectivity index (χ0n) is 36.1. The highest BCUT2D eigenvalue weighted by atomic mass is 16.6. The molecule has 0 aromatic carbocycles. The van der Waals surface area contributed by atoms with E-state index in [1.54, 1.807) is 0 Å². The zero-order valence-corrected chi connectivity index (χ0v) is 36.1. The maximum absolute atomic E-state index is 12.9. The predicted molar refractivity (Wildman–Crippen MR) is 220 cm³/mol. The standard InChI is InChI=1S/C45H85NO8/c1-7-11-15-19-21-25-31-39(29-23-17-13-9-3)44(49)51-35-27-33-42(47)53-38-41(37-46(5)6)54-43(48)34-28-36-52-45(50)40(30-24-18-14-10-4)32-26-22-20-16-12-8-2/h39-41H,7-38H2,1-6H3. The average molecular weight is 768 g/mol. The molecule has 0 bridgehead atoms. The number of unbranched alkanes of at least 4 members (excludes halogenated alkanes) is 16. The van der Waals surface area contributed by atoms with Gasteiger partial charge in [0.1, 0.15) is 12.7 Å². The largest absolute Gasteiger partial charge is 0.465 e. The summed E-state index contributed by atoms with van der Waals surface area (Å²) in [5.41, 5.74) is 0. The van der Waals surface area contributed by atoms with Crippen LogP contribution in [0.3, 0.4) is 0 Å². The Morgan fingerprint density at radius 3 is 1.19 bits per heavy atom. The third kappa shape index (κ3) is 32.1. The van der Waals surface area contributed by atoms with E-state index in [-0.39, 0.29) is 56.4 Å². The van der Waals surface area contributed by atoms with Crippen LogP contribution in [0.25, 0.3) is 0 Å². The van der Waals surface area contributed by atoms with Crippen molar-refractivity contribution in [2.24, 2.45) is 11.8 Å². The fourth-order valence-corrected chi connectivity index (χ4v) is 6.79. The number of ether oxygens (including phenoxy) is 4. The molecule has 0 saturated heterocycles. The van der Waals surface area contributed by atoms with E-state index in [0.717, 1.165) is 83.5 Å². The number of hydrogen-bond acceptors (Lipinski definition) is 9. The van der Waals surface area contributed by atoms with Crippen LogP contribution in [0.15, 0.2) is 0 Å². The number of nitrogens with zero attached hydrogens (tertiary/aromatic N) is 1. The summed E-state index contributed by atoms with van der Waals surface area (Å²) in [7, 11) is 3.73. The number of carbonyl (C=O) groups is 4. The van der Waals surface area contributed by atoms with Crippen molar-refractivity contribution < 1.29 is 38.1 Å². The Hall–Kier alpha value is -2.16. The maximum Gasteiger partial charge on any atom is 0.308 e. The van der Waals surface area contributed by atoms with Crippen molar-refractivity contribution in [3.63, 3.8) is 0 Å². The monoisotopic (exact) mass is 768 g/mol. The van der Waals surface area contributed by atoms with Gasteiger partial charge >= 0.3 is 23.9 Å². The van der Waals surface area contributed by atoms with Gasteiger partial charge in [-0.05, 0) is 52.6 Å².